The van der Waals surface area contributed by atoms with E-state index in [4.69, 9.17) is 42.6 Å². The van der Waals surface area contributed by atoms with Crippen molar-refractivity contribution in [3.63, 3.8) is 0 Å². The van der Waals surface area contributed by atoms with Crippen LogP contribution in [0.1, 0.15) is 107 Å². The van der Waals surface area contributed by atoms with E-state index < -0.39 is 127 Å². The van der Waals surface area contributed by atoms with Crippen molar-refractivity contribution in [2.45, 2.75) is 193 Å². The van der Waals surface area contributed by atoms with Gasteiger partial charge in [-0.1, -0.05) is 45.9 Å². The lowest BCUT2D eigenvalue weighted by Crippen LogP contribution is -2.66. The number of rotatable bonds is 14. The molecule has 0 radical (unpaired) electrons. The summed E-state index contributed by atoms with van der Waals surface area (Å²) in [5, 5.41) is 23.7. The van der Waals surface area contributed by atoms with Gasteiger partial charge >= 0.3 is 23.9 Å². The summed E-state index contributed by atoms with van der Waals surface area (Å²) >= 11 is 0. The summed E-state index contributed by atoms with van der Waals surface area (Å²) in [7, 11) is 4.85. The highest BCUT2D eigenvalue weighted by Gasteiger charge is 2.53. The number of nitrogens with zero attached hydrogens (tertiary/aromatic N) is 1. The first-order valence-electron chi connectivity index (χ1n) is 21.9. The minimum absolute atomic E-state index is 0.0572. The van der Waals surface area contributed by atoms with Crippen LogP contribution in [0.3, 0.4) is 0 Å². The SMILES string of the molecule is CCC(=O)O[C@@H]1C=CC=CC[C@H](C)OC(=O)C[C@H](OC(C)=O)[C@H](OC)[C@H](O[C@@H]2O[C@H](C)[C@H](O[C@@H]3C[C@](C)(O)[C@H](OC(=O)CC(C)C)[C@H](C)O3)[C@H](N(C)C)[C@@H]2O)[C@H](CC=O)C[C@@H]1C. The predicted molar refractivity (Wildman–Crippen MR) is 224 cm³/mol. The Morgan fingerprint density at radius 3 is 2.26 bits per heavy atom. The number of carbonyl (C=O) groups excluding carboxylic acids is 5. The largest absolute Gasteiger partial charge is 0.462 e. The van der Waals surface area contributed by atoms with E-state index in [-0.39, 0.29) is 38.0 Å². The predicted octanol–water partition coefficient (Wildman–Crippen LogP) is 3.97. The summed E-state index contributed by atoms with van der Waals surface area (Å²) in [5.41, 5.74) is -1.51. The van der Waals surface area contributed by atoms with Gasteiger partial charge in [0.1, 0.15) is 48.5 Å². The molecule has 0 aromatic rings. The van der Waals surface area contributed by atoms with Crippen molar-refractivity contribution in [3.05, 3.63) is 24.3 Å². The van der Waals surface area contributed by atoms with Crippen molar-refractivity contribution < 1.29 is 76.8 Å². The molecule has 0 aliphatic carbocycles. The van der Waals surface area contributed by atoms with E-state index >= 15 is 0 Å². The van der Waals surface area contributed by atoms with Gasteiger partial charge in [0.25, 0.3) is 0 Å². The number of cyclic esters (lactones) is 1. The molecule has 3 rings (SSSR count). The number of ether oxygens (including phenoxy) is 9. The third-order valence-corrected chi connectivity index (χ3v) is 11.4. The molecule has 16 atom stereocenters. The summed E-state index contributed by atoms with van der Waals surface area (Å²) < 4.78 is 54.7. The molecule has 0 unspecified atom stereocenters. The quantitative estimate of drug-likeness (QED) is 0.144. The van der Waals surface area contributed by atoms with Crippen molar-refractivity contribution in [1.82, 2.24) is 4.90 Å². The van der Waals surface area contributed by atoms with Gasteiger partial charge in [-0.15, -0.1) is 0 Å². The van der Waals surface area contributed by atoms with E-state index in [2.05, 4.69) is 0 Å². The fraction of sp³-hybridized carbons (Fsp3) is 0.800. The molecule has 17 nitrogen and oxygen atoms in total. The lowest BCUT2D eigenvalue weighted by molar-refractivity contribution is -0.344. The molecule has 0 amide bonds. The number of aldehydes is 1. The number of aliphatic hydroxyl groups is 2. The molecule has 62 heavy (non-hydrogen) atoms. The second-order valence-corrected chi connectivity index (χ2v) is 17.8. The molecule has 0 bridgehead atoms. The summed E-state index contributed by atoms with van der Waals surface area (Å²) in [6, 6.07) is -0.804. The van der Waals surface area contributed by atoms with Crippen molar-refractivity contribution in [3.8, 4) is 0 Å². The maximum absolute atomic E-state index is 13.4. The number of likely N-dealkylation sites (N-methyl/N-ethyl adjacent to an activating group) is 1. The van der Waals surface area contributed by atoms with Gasteiger partial charge in [0.05, 0.1) is 30.8 Å². The van der Waals surface area contributed by atoms with E-state index in [1.807, 2.05) is 26.8 Å². The molecule has 3 aliphatic rings. The van der Waals surface area contributed by atoms with Crippen molar-refractivity contribution >= 4 is 30.2 Å². The van der Waals surface area contributed by atoms with E-state index in [0.29, 0.717) is 12.7 Å². The van der Waals surface area contributed by atoms with Crippen LogP contribution in [0.25, 0.3) is 0 Å². The van der Waals surface area contributed by atoms with Crippen LogP contribution in [-0.2, 0) is 66.6 Å². The Hall–Kier alpha value is -3.29. The van der Waals surface area contributed by atoms with Gasteiger partial charge in [0.15, 0.2) is 18.7 Å². The molecule has 3 heterocycles. The molecule has 0 aromatic heterocycles. The lowest BCUT2D eigenvalue weighted by Gasteiger charge is -2.50. The summed E-state index contributed by atoms with van der Waals surface area (Å²) in [6.45, 7) is 15.2. The summed E-state index contributed by atoms with van der Waals surface area (Å²) in [6.07, 6.45) is -3.95. The number of allylic oxidation sites excluding steroid dienone is 2. The fourth-order valence-electron chi connectivity index (χ4n) is 8.46. The molecule has 2 fully saturated rings. The molecular formula is C45H73NO16. The number of esters is 4. The summed E-state index contributed by atoms with van der Waals surface area (Å²) in [5.74, 6) is -3.31. The maximum atomic E-state index is 13.4. The van der Waals surface area contributed by atoms with E-state index in [1.54, 1.807) is 71.8 Å². The second kappa shape index (κ2) is 24.7. The number of hydrogen-bond acceptors (Lipinski definition) is 17. The van der Waals surface area contributed by atoms with Gasteiger partial charge in [-0.3, -0.25) is 19.2 Å². The maximum Gasteiger partial charge on any atom is 0.309 e. The van der Waals surface area contributed by atoms with Crippen LogP contribution in [0.2, 0.25) is 0 Å². The molecular weight excluding hydrogens is 810 g/mol. The Morgan fingerprint density at radius 1 is 0.984 bits per heavy atom. The Bertz CT molecular complexity index is 1520. The third kappa shape index (κ3) is 15.5. The molecule has 17 heteroatoms. The van der Waals surface area contributed by atoms with Gasteiger partial charge in [0, 0.05) is 46.1 Å². The number of aliphatic hydroxyl groups excluding tert-OH is 1. The zero-order valence-corrected chi connectivity index (χ0v) is 38.6. The van der Waals surface area contributed by atoms with Gasteiger partial charge in [0.2, 0.25) is 0 Å². The van der Waals surface area contributed by atoms with Crippen LogP contribution < -0.4 is 0 Å². The van der Waals surface area contributed by atoms with Gasteiger partial charge in [-0.25, -0.2) is 0 Å². The van der Waals surface area contributed by atoms with Crippen molar-refractivity contribution in [2.75, 3.05) is 21.2 Å². The van der Waals surface area contributed by atoms with Gasteiger partial charge < -0.3 is 62.5 Å². The van der Waals surface area contributed by atoms with E-state index in [1.165, 1.54) is 14.0 Å². The first-order chi connectivity index (χ1) is 29.1. The Balaban J connectivity index is 2.03. The zero-order valence-electron chi connectivity index (χ0n) is 38.6. The zero-order chi connectivity index (χ0) is 46.5. The highest BCUT2D eigenvalue weighted by Crippen LogP contribution is 2.38. The third-order valence-electron chi connectivity index (χ3n) is 11.4. The first-order valence-corrected chi connectivity index (χ1v) is 21.9. The average Bonchev–Trinajstić information content (AvgIpc) is 3.15. The molecule has 0 aromatic carbocycles. The molecule has 0 spiro atoms. The van der Waals surface area contributed by atoms with Crippen LogP contribution >= 0.6 is 0 Å². The number of methoxy groups -OCH3 is 1. The van der Waals surface area contributed by atoms with Crippen LogP contribution in [0.5, 0.6) is 0 Å². The van der Waals surface area contributed by atoms with Crippen LogP contribution in [0.4, 0.5) is 0 Å². The lowest BCUT2D eigenvalue weighted by atomic mass is 9.82. The van der Waals surface area contributed by atoms with E-state index in [0.717, 1.165) is 0 Å². The minimum atomic E-state index is -1.51. The molecule has 0 saturated carbocycles. The molecule has 2 N–H and O–H groups in total. The fourth-order valence-corrected chi connectivity index (χ4v) is 8.46. The number of hydrogen-bond donors (Lipinski definition) is 2. The van der Waals surface area contributed by atoms with E-state index in [9.17, 15) is 34.2 Å². The first kappa shape index (κ1) is 53.1. The number of carbonyl (C=O) groups is 5. The topological polar surface area (TPSA) is 212 Å². The second-order valence-electron chi connectivity index (χ2n) is 17.8. The van der Waals surface area contributed by atoms with Gasteiger partial charge in [-0.05, 0) is 72.0 Å². The highest BCUT2D eigenvalue weighted by molar-refractivity contribution is 5.72. The van der Waals surface area contributed by atoms with Crippen LogP contribution in [0.15, 0.2) is 24.3 Å². The van der Waals surface area contributed by atoms with Crippen LogP contribution in [-0.4, -0.2) is 152 Å². The molecule has 354 valence electrons. The average molecular weight is 884 g/mol. The highest BCUT2D eigenvalue weighted by atomic mass is 16.7. The summed E-state index contributed by atoms with van der Waals surface area (Å²) in [4.78, 5) is 65.3. The van der Waals surface area contributed by atoms with Crippen molar-refractivity contribution in [2.24, 2.45) is 17.8 Å². The monoisotopic (exact) mass is 883 g/mol. The van der Waals surface area contributed by atoms with Crippen LogP contribution in [0, 0.1) is 17.8 Å². The molecule has 3 aliphatic heterocycles. The van der Waals surface area contributed by atoms with Crippen molar-refractivity contribution in [1.29, 1.82) is 0 Å². The smallest absolute Gasteiger partial charge is 0.309 e. The Morgan fingerprint density at radius 2 is 1.68 bits per heavy atom. The Labute approximate surface area is 367 Å². The minimum Gasteiger partial charge on any atom is -0.462 e. The standard InChI is InChI=1S/C45H73NO16/c1-13-34(49)59-32-18-16-14-15-17-27(5)55-36(51)23-33(58-30(8)48)42(54-12)41(31(19-20-47)22-26(32)4)62-44-39(52)38(46(10)11)40(28(6)57-44)61-37-24-45(9,53)43(29(7)56-37)60-35(50)21-25(2)3/h14-16,18,20,25-29,31-33,37-44,52-53H,13,17,19,21-24H2,1-12H3/t26-,27-,28+,29-,31+,32+,33-,37+,38+,39-,40-,41+,42-,43+,44-,45-/m0/s1. The molecule has 2 saturated heterocycles. The normalized spacial score (nSPS) is 37.7. The Kier molecular flexibility index (Phi) is 21.1. The van der Waals surface area contributed by atoms with Gasteiger partial charge in [-0.2, -0.15) is 0 Å².